The van der Waals surface area contributed by atoms with Gasteiger partial charge in [-0.1, -0.05) is 23.7 Å². The SMILES string of the molecule is CCOc1cc(/C=C(/C#N)c2ccc(Cl)cc2)cc(Br)c1OCc1ccc([N+](=O)[O-])cc1. The van der Waals surface area contributed by atoms with E-state index in [1.54, 1.807) is 48.5 Å². The third-order valence-electron chi connectivity index (χ3n) is 4.45. The molecule has 3 aromatic carbocycles. The average Bonchev–Trinajstić information content (AvgIpc) is 2.78. The molecule has 6 nitrogen and oxygen atoms in total. The number of nitriles is 1. The summed E-state index contributed by atoms with van der Waals surface area (Å²) in [5, 5.41) is 21.0. The van der Waals surface area contributed by atoms with Crippen LogP contribution in [-0.4, -0.2) is 11.5 Å². The van der Waals surface area contributed by atoms with Crippen molar-refractivity contribution in [3.05, 3.63) is 97.0 Å². The van der Waals surface area contributed by atoms with E-state index in [2.05, 4.69) is 22.0 Å². The van der Waals surface area contributed by atoms with Gasteiger partial charge in [-0.25, -0.2) is 0 Å². The summed E-state index contributed by atoms with van der Waals surface area (Å²) in [6.45, 7) is 2.50. The van der Waals surface area contributed by atoms with Gasteiger partial charge in [-0.05, 0) is 82.0 Å². The Morgan fingerprint density at radius 1 is 1.16 bits per heavy atom. The first-order valence-corrected chi connectivity index (χ1v) is 10.8. The minimum absolute atomic E-state index is 0.0232. The molecule has 0 aliphatic heterocycles. The third-order valence-corrected chi connectivity index (χ3v) is 5.29. The highest BCUT2D eigenvalue weighted by atomic mass is 79.9. The normalized spacial score (nSPS) is 11.0. The fourth-order valence-corrected chi connectivity index (χ4v) is 3.62. The second-order valence-corrected chi connectivity index (χ2v) is 7.94. The molecule has 0 bridgehead atoms. The Balaban J connectivity index is 1.87. The predicted molar refractivity (Wildman–Crippen MR) is 128 cm³/mol. The van der Waals surface area contributed by atoms with Crippen molar-refractivity contribution in [1.29, 1.82) is 5.26 Å². The van der Waals surface area contributed by atoms with Gasteiger partial charge in [-0.3, -0.25) is 10.1 Å². The molecule has 32 heavy (non-hydrogen) atoms. The Morgan fingerprint density at radius 2 is 1.84 bits per heavy atom. The lowest BCUT2D eigenvalue weighted by Gasteiger charge is -2.15. The monoisotopic (exact) mass is 512 g/mol. The number of nitrogens with zero attached hydrogens (tertiary/aromatic N) is 2. The number of benzene rings is 3. The topological polar surface area (TPSA) is 85.4 Å². The van der Waals surface area contributed by atoms with Gasteiger partial charge in [0.05, 0.1) is 27.6 Å². The van der Waals surface area contributed by atoms with Crippen molar-refractivity contribution in [2.24, 2.45) is 0 Å². The zero-order valence-electron chi connectivity index (χ0n) is 17.0. The quantitative estimate of drug-likeness (QED) is 0.139. The predicted octanol–water partition coefficient (Wildman–Crippen LogP) is 7.05. The summed E-state index contributed by atoms with van der Waals surface area (Å²) in [4.78, 5) is 10.4. The maximum atomic E-state index is 10.8. The van der Waals surface area contributed by atoms with Crippen molar-refractivity contribution >= 4 is 44.9 Å². The van der Waals surface area contributed by atoms with Gasteiger partial charge in [-0.15, -0.1) is 0 Å². The zero-order chi connectivity index (χ0) is 23.1. The molecule has 0 spiro atoms. The number of rotatable bonds is 8. The van der Waals surface area contributed by atoms with E-state index in [1.807, 2.05) is 13.0 Å². The van der Waals surface area contributed by atoms with Crippen LogP contribution >= 0.6 is 27.5 Å². The molecule has 0 amide bonds. The van der Waals surface area contributed by atoms with Crippen molar-refractivity contribution in [2.75, 3.05) is 6.61 Å². The Kier molecular flexibility index (Phi) is 7.87. The number of hydrogen-bond acceptors (Lipinski definition) is 5. The molecule has 0 atom stereocenters. The van der Waals surface area contributed by atoms with Gasteiger partial charge in [0.1, 0.15) is 6.61 Å². The number of non-ortho nitro benzene ring substituents is 1. The highest BCUT2D eigenvalue weighted by Gasteiger charge is 2.13. The molecule has 0 saturated carbocycles. The van der Waals surface area contributed by atoms with Gasteiger partial charge < -0.3 is 9.47 Å². The molecule has 0 radical (unpaired) electrons. The van der Waals surface area contributed by atoms with E-state index in [4.69, 9.17) is 21.1 Å². The minimum atomic E-state index is -0.444. The van der Waals surface area contributed by atoms with Crippen molar-refractivity contribution < 1.29 is 14.4 Å². The molecule has 0 fully saturated rings. The van der Waals surface area contributed by atoms with Gasteiger partial charge in [0.2, 0.25) is 0 Å². The van der Waals surface area contributed by atoms with E-state index in [0.717, 1.165) is 16.7 Å². The van der Waals surface area contributed by atoms with Gasteiger partial charge in [0.25, 0.3) is 5.69 Å². The Bertz CT molecular complexity index is 1190. The lowest BCUT2D eigenvalue weighted by atomic mass is 10.0. The molecule has 0 saturated heterocycles. The molecule has 0 N–H and O–H groups in total. The molecule has 3 aromatic rings. The number of ether oxygens (including phenoxy) is 2. The summed E-state index contributed by atoms with van der Waals surface area (Å²) in [5.74, 6) is 1.02. The third kappa shape index (κ3) is 5.88. The Morgan fingerprint density at radius 3 is 2.44 bits per heavy atom. The zero-order valence-corrected chi connectivity index (χ0v) is 19.4. The van der Waals surface area contributed by atoms with E-state index in [0.29, 0.717) is 33.2 Å². The molecule has 0 aliphatic carbocycles. The maximum absolute atomic E-state index is 10.8. The lowest BCUT2D eigenvalue weighted by Crippen LogP contribution is -2.01. The van der Waals surface area contributed by atoms with Gasteiger partial charge in [0.15, 0.2) is 11.5 Å². The number of hydrogen-bond donors (Lipinski definition) is 0. The number of nitro benzene ring substituents is 1. The van der Waals surface area contributed by atoms with Gasteiger partial charge in [-0.2, -0.15) is 5.26 Å². The summed E-state index contributed by atoms with van der Waals surface area (Å²) in [6, 6.07) is 19.1. The first-order valence-electron chi connectivity index (χ1n) is 9.61. The van der Waals surface area contributed by atoms with Gasteiger partial charge in [0, 0.05) is 17.2 Å². The highest BCUT2D eigenvalue weighted by Crippen LogP contribution is 2.38. The molecular formula is C24H18BrClN2O4. The molecule has 8 heteroatoms. The van der Waals surface area contributed by atoms with Crippen LogP contribution in [0.2, 0.25) is 5.02 Å². The van der Waals surface area contributed by atoms with Crippen molar-refractivity contribution in [1.82, 2.24) is 0 Å². The number of nitro groups is 1. The molecule has 0 heterocycles. The largest absolute Gasteiger partial charge is 0.490 e. The molecule has 3 rings (SSSR count). The fraction of sp³-hybridized carbons (Fsp3) is 0.125. The smallest absolute Gasteiger partial charge is 0.269 e. The van der Waals surface area contributed by atoms with Crippen molar-refractivity contribution in [3.8, 4) is 17.6 Å². The number of halogens is 2. The van der Waals surface area contributed by atoms with Crippen LogP contribution in [0.4, 0.5) is 5.69 Å². The molecule has 0 unspecified atom stereocenters. The van der Waals surface area contributed by atoms with Crippen LogP contribution in [0.3, 0.4) is 0 Å². The first-order chi connectivity index (χ1) is 15.4. The molecule has 0 aliphatic rings. The van der Waals surface area contributed by atoms with Crippen LogP contribution in [0.15, 0.2) is 65.1 Å². The second-order valence-electron chi connectivity index (χ2n) is 6.65. The second kappa shape index (κ2) is 10.8. The van der Waals surface area contributed by atoms with Crippen molar-refractivity contribution in [3.63, 3.8) is 0 Å². The summed E-state index contributed by atoms with van der Waals surface area (Å²) in [7, 11) is 0. The van der Waals surface area contributed by atoms with Crippen LogP contribution < -0.4 is 9.47 Å². The summed E-state index contributed by atoms with van der Waals surface area (Å²) in [6.07, 6.45) is 1.76. The van der Waals surface area contributed by atoms with Crippen LogP contribution in [0, 0.1) is 21.4 Å². The van der Waals surface area contributed by atoms with Gasteiger partial charge >= 0.3 is 0 Å². The van der Waals surface area contributed by atoms with Crippen molar-refractivity contribution in [2.45, 2.75) is 13.5 Å². The van der Waals surface area contributed by atoms with Crippen LogP contribution in [0.1, 0.15) is 23.6 Å². The molecular weight excluding hydrogens is 496 g/mol. The molecule has 0 aromatic heterocycles. The Labute approximate surface area is 198 Å². The van der Waals surface area contributed by atoms with E-state index >= 15 is 0 Å². The summed E-state index contributed by atoms with van der Waals surface area (Å²) >= 11 is 9.47. The lowest BCUT2D eigenvalue weighted by molar-refractivity contribution is -0.384. The average molecular weight is 514 g/mol. The summed E-state index contributed by atoms with van der Waals surface area (Å²) in [5.41, 5.74) is 2.80. The number of allylic oxidation sites excluding steroid dienone is 1. The van der Waals surface area contributed by atoms with Crippen LogP contribution in [0.25, 0.3) is 11.6 Å². The van der Waals surface area contributed by atoms with E-state index in [-0.39, 0.29) is 12.3 Å². The Hall–Kier alpha value is -3.34. The van der Waals surface area contributed by atoms with E-state index in [1.165, 1.54) is 12.1 Å². The maximum Gasteiger partial charge on any atom is 0.269 e. The van der Waals surface area contributed by atoms with Crippen LogP contribution in [0.5, 0.6) is 11.5 Å². The van der Waals surface area contributed by atoms with E-state index < -0.39 is 4.92 Å². The minimum Gasteiger partial charge on any atom is -0.490 e. The van der Waals surface area contributed by atoms with Crippen LogP contribution in [-0.2, 0) is 6.61 Å². The molecule has 162 valence electrons. The first kappa shape index (κ1) is 23.3. The standard InChI is InChI=1S/C24H18BrClN2O4/c1-2-31-23-13-17(11-19(14-27)18-5-7-20(26)8-6-18)12-22(25)24(23)32-15-16-3-9-21(10-4-16)28(29)30/h3-13H,2,15H2,1H3/b19-11-. The highest BCUT2D eigenvalue weighted by molar-refractivity contribution is 9.10. The van der Waals surface area contributed by atoms with E-state index in [9.17, 15) is 15.4 Å². The fourth-order valence-electron chi connectivity index (χ4n) is 2.92. The summed E-state index contributed by atoms with van der Waals surface area (Å²) < 4.78 is 12.4.